The zero-order valence-corrected chi connectivity index (χ0v) is 11.0. The maximum absolute atomic E-state index is 11.2. The summed E-state index contributed by atoms with van der Waals surface area (Å²) in [5.74, 6) is 0.878. The third-order valence-corrected chi connectivity index (χ3v) is 3.25. The maximum Gasteiger partial charge on any atom is 0.183 e. The second-order valence-electron chi connectivity index (χ2n) is 4.06. The second-order valence-corrected chi connectivity index (χ2v) is 4.98. The number of fused-ring (bicyclic) bond motifs is 1. The smallest absolute Gasteiger partial charge is 0.183 e. The van der Waals surface area contributed by atoms with E-state index in [-0.39, 0.29) is 5.43 Å². The van der Waals surface area contributed by atoms with Gasteiger partial charge in [0.1, 0.15) is 11.5 Å². The Morgan fingerprint density at radius 2 is 2.17 bits per heavy atom. The van der Waals surface area contributed by atoms with Crippen LogP contribution in [-0.4, -0.2) is 14.6 Å². The van der Waals surface area contributed by atoms with Crippen LogP contribution >= 0.6 is 15.9 Å². The molecule has 0 amide bonds. The Morgan fingerprint density at radius 1 is 1.28 bits per heavy atom. The van der Waals surface area contributed by atoms with Crippen molar-refractivity contribution in [2.75, 3.05) is 0 Å². The van der Waals surface area contributed by atoms with E-state index in [9.17, 15) is 4.79 Å². The molecule has 0 saturated heterocycles. The average Bonchev–Trinajstić information content (AvgIpc) is 2.72. The van der Waals surface area contributed by atoms with Crippen LogP contribution in [0.1, 0.15) is 11.4 Å². The Kier molecular flexibility index (Phi) is 2.76. The summed E-state index contributed by atoms with van der Waals surface area (Å²) in [5, 5.41) is 7.11. The molecular formula is C13H10BrN3O. The van der Waals surface area contributed by atoms with Gasteiger partial charge in [-0.3, -0.25) is 14.3 Å². The molecule has 1 N–H and O–H groups in total. The minimum Gasteiger partial charge on any atom is -0.290 e. The van der Waals surface area contributed by atoms with Gasteiger partial charge in [0.05, 0.1) is 0 Å². The number of hydrogen-bond donors (Lipinski definition) is 1. The van der Waals surface area contributed by atoms with Crippen molar-refractivity contribution in [2.24, 2.45) is 0 Å². The van der Waals surface area contributed by atoms with E-state index in [4.69, 9.17) is 0 Å². The summed E-state index contributed by atoms with van der Waals surface area (Å²) in [6.45, 7) is 0. The molecule has 0 spiro atoms. The van der Waals surface area contributed by atoms with E-state index in [1.165, 1.54) is 12.1 Å². The fraction of sp³-hybridized carbons (Fsp3) is 0.0769. The molecule has 0 aliphatic carbocycles. The summed E-state index contributed by atoms with van der Waals surface area (Å²) < 4.78 is 2.94. The Hall–Kier alpha value is -1.88. The molecule has 2 aromatic heterocycles. The van der Waals surface area contributed by atoms with Crippen molar-refractivity contribution in [1.29, 1.82) is 0 Å². The second kappa shape index (κ2) is 4.42. The maximum atomic E-state index is 11.2. The number of nitrogens with zero attached hydrogens (tertiary/aromatic N) is 2. The summed E-state index contributed by atoms with van der Waals surface area (Å²) in [6.07, 6.45) is 2.46. The van der Waals surface area contributed by atoms with Gasteiger partial charge in [0, 0.05) is 29.2 Å². The minimum atomic E-state index is -0.0207. The molecule has 1 aromatic carbocycles. The molecule has 0 unspecified atom stereocenters. The number of H-pyrrole nitrogens is 1. The zero-order chi connectivity index (χ0) is 12.5. The number of halogens is 1. The lowest BCUT2D eigenvalue weighted by molar-refractivity contribution is 0.933. The molecule has 18 heavy (non-hydrogen) atoms. The van der Waals surface area contributed by atoms with Crippen LogP contribution in [0.25, 0.3) is 5.65 Å². The lowest BCUT2D eigenvalue weighted by atomic mass is 10.1. The number of aromatic amines is 1. The van der Waals surface area contributed by atoms with Gasteiger partial charge < -0.3 is 0 Å². The molecule has 4 nitrogen and oxygen atoms in total. The largest absolute Gasteiger partial charge is 0.290 e. The molecule has 3 aromatic rings. The van der Waals surface area contributed by atoms with Crippen molar-refractivity contribution in [3.63, 3.8) is 0 Å². The van der Waals surface area contributed by atoms with Gasteiger partial charge >= 0.3 is 0 Å². The van der Waals surface area contributed by atoms with Gasteiger partial charge in [-0.1, -0.05) is 28.1 Å². The Labute approximate surface area is 111 Å². The van der Waals surface area contributed by atoms with Crippen LogP contribution in [0.3, 0.4) is 0 Å². The molecule has 0 aliphatic rings. The van der Waals surface area contributed by atoms with E-state index in [1.54, 1.807) is 6.20 Å². The lowest BCUT2D eigenvalue weighted by Crippen LogP contribution is -2.01. The Morgan fingerprint density at radius 3 is 3.00 bits per heavy atom. The SMILES string of the molecule is O=c1ccn2c(Cc3cccc(Br)c3)n[nH]c2c1. The first-order chi connectivity index (χ1) is 8.72. The first-order valence-corrected chi connectivity index (χ1v) is 6.32. The van der Waals surface area contributed by atoms with Crippen molar-refractivity contribution < 1.29 is 0 Å². The molecular weight excluding hydrogens is 294 g/mol. The summed E-state index contributed by atoms with van der Waals surface area (Å²) >= 11 is 3.45. The van der Waals surface area contributed by atoms with Crippen molar-refractivity contribution >= 4 is 21.6 Å². The molecule has 0 aliphatic heterocycles. The topological polar surface area (TPSA) is 50.2 Å². The molecule has 0 bridgehead atoms. The number of rotatable bonds is 2. The van der Waals surface area contributed by atoms with E-state index in [2.05, 4.69) is 32.2 Å². The molecule has 5 heteroatoms. The van der Waals surface area contributed by atoms with Crippen molar-refractivity contribution in [3.8, 4) is 0 Å². The van der Waals surface area contributed by atoms with Gasteiger partial charge in [0.25, 0.3) is 0 Å². The predicted octanol–water partition coefficient (Wildman–Crippen LogP) is 2.38. The predicted molar refractivity (Wildman–Crippen MR) is 72.8 cm³/mol. The van der Waals surface area contributed by atoms with Crippen LogP contribution < -0.4 is 5.43 Å². The van der Waals surface area contributed by atoms with E-state index < -0.39 is 0 Å². The Balaban J connectivity index is 2.03. The van der Waals surface area contributed by atoms with E-state index in [0.717, 1.165) is 15.9 Å². The minimum absolute atomic E-state index is 0.0207. The van der Waals surface area contributed by atoms with Crippen LogP contribution in [0.15, 0.2) is 51.9 Å². The lowest BCUT2D eigenvalue weighted by Gasteiger charge is -2.01. The van der Waals surface area contributed by atoms with Crippen LogP contribution in [0.2, 0.25) is 0 Å². The molecule has 0 radical (unpaired) electrons. The fourth-order valence-electron chi connectivity index (χ4n) is 1.92. The van der Waals surface area contributed by atoms with Crippen molar-refractivity contribution in [2.45, 2.75) is 6.42 Å². The van der Waals surface area contributed by atoms with E-state index in [1.807, 2.05) is 22.6 Å². The van der Waals surface area contributed by atoms with Crippen molar-refractivity contribution in [1.82, 2.24) is 14.6 Å². The summed E-state index contributed by atoms with van der Waals surface area (Å²) in [4.78, 5) is 11.2. The molecule has 0 fully saturated rings. The van der Waals surface area contributed by atoms with Crippen molar-refractivity contribution in [3.05, 3.63) is 68.7 Å². The quantitative estimate of drug-likeness (QED) is 0.790. The highest BCUT2D eigenvalue weighted by atomic mass is 79.9. The number of benzene rings is 1. The average molecular weight is 304 g/mol. The third-order valence-electron chi connectivity index (χ3n) is 2.76. The van der Waals surface area contributed by atoms with Gasteiger partial charge in [-0.2, -0.15) is 5.10 Å². The number of pyridine rings is 1. The molecule has 0 saturated carbocycles. The molecule has 3 rings (SSSR count). The normalized spacial score (nSPS) is 10.9. The molecule has 90 valence electrons. The van der Waals surface area contributed by atoms with Crippen LogP contribution in [-0.2, 0) is 6.42 Å². The zero-order valence-electron chi connectivity index (χ0n) is 9.43. The first-order valence-electron chi connectivity index (χ1n) is 5.52. The standard InChI is InChI=1S/C13H10BrN3O/c14-10-3-1-2-9(6-10)7-12-15-16-13-8-11(18)4-5-17(12)13/h1-6,8,16H,7H2. The summed E-state index contributed by atoms with van der Waals surface area (Å²) in [6, 6.07) is 11.2. The number of nitrogens with one attached hydrogen (secondary N) is 1. The molecule has 2 heterocycles. The van der Waals surface area contributed by atoms with Gasteiger partial charge in [0.2, 0.25) is 0 Å². The first kappa shape index (κ1) is 11.2. The van der Waals surface area contributed by atoms with Crippen LogP contribution in [0, 0.1) is 0 Å². The summed E-state index contributed by atoms with van der Waals surface area (Å²) in [5.41, 5.74) is 1.86. The number of aromatic nitrogens is 3. The number of hydrogen-bond acceptors (Lipinski definition) is 2. The van der Waals surface area contributed by atoms with Crippen LogP contribution in [0.4, 0.5) is 0 Å². The van der Waals surface area contributed by atoms with E-state index in [0.29, 0.717) is 12.1 Å². The van der Waals surface area contributed by atoms with Gasteiger partial charge in [-0.05, 0) is 17.7 Å². The van der Waals surface area contributed by atoms with Crippen LogP contribution in [0.5, 0.6) is 0 Å². The highest BCUT2D eigenvalue weighted by Gasteiger charge is 2.05. The highest BCUT2D eigenvalue weighted by molar-refractivity contribution is 9.10. The van der Waals surface area contributed by atoms with Gasteiger partial charge in [-0.25, -0.2) is 0 Å². The Bertz CT molecular complexity index is 760. The fourth-order valence-corrected chi connectivity index (χ4v) is 2.37. The third kappa shape index (κ3) is 2.09. The van der Waals surface area contributed by atoms with Gasteiger partial charge in [0.15, 0.2) is 5.43 Å². The monoisotopic (exact) mass is 303 g/mol. The highest BCUT2D eigenvalue weighted by Crippen LogP contribution is 2.14. The molecule has 0 atom stereocenters. The summed E-state index contributed by atoms with van der Waals surface area (Å²) in [7, 11) is 0. The van der Waals surface area contributed by atoms with Gasteiger partial charge in [-0.15, -0.1) is 0 Å². The van der Waals surface area contributed by atoms with E-state index >= 15 is 0 Å².